The van der Waals surface area contributed by atoms with Crippen molar-refractivity contribution in [1.82, 2.24) is 15.1 Å². The van der Waals surface area contributed by atoms with Crippen LogP contribution in [0.4, 0.5) is 0 Å². The lowest BCUT2D eigenvalue weighted by Gasteiger charge is -2.10. The summed E-state index contributed by atoms with van der Waals surface area (Å²) in [6, 6.07) is 5.43. The van der Waals surface area contributed by atoms with Gasteiger partial charge in [0.1, 0.15) is 11.5 Å². The van der Waals surface area contributed by atoms with Crippen LogP contribution < -0.4 is 14.8 Å². The van der Waals surface area contributed by atoms with Crippen molar-refractivity contribution in [3.05, 3.63) is 41.7 Å². The Kier molecular flexibility index (Phi) is 5.41. The maximum absolute atomic E-state index is 12.0. The summed E-state index contributed by atoms with van der Waals surface area (Å²) < 4.78 is 12.2. The highest BCUT2D eigenvalue weighted by molar-refractivity contribution is 5.79. The van der Waals surface area contributed by atoms with Gasteiger partial charge in [-0.15, -0.1) is 0 Å². The van der Waals surface area contributed by atoms with E-state index in [1.54, 1.807) is 31.2 Å². The largest absolute Gasteiger partial charge is 0.497 e. The van der Waals surface area contributed by atoms with Crippen molar-refractivity contribution < 1.29 is 14.3 Å². The molecule has 2 rings (SSSR count). The van der Waals surface area contributed by atoms with Crippen LogP contribution >= 0.6 is 0 Å². The lowest BCUT2D eigenvalue weighted by molar-refractivity contribution is -0.120. The van der Waals surface area contributed by atoms with Gasteiger partial charge >= 0.3 is 0 Å². The van der Waals surface area contributed by atoms with Crippen LogP contribution in [0, 0.1) is 0 Å². The van der Waals surface area contributed by atoms with E-state index in [-0.39, 0.29) is 12.3 Å². The third-order valence-electron chi connectivity index (χ3n) is 3.33. The summed E-state index contributed by atoms with van der Waals surface area (Å²) >= 11 is 0. The predicted molar refractivity (Wildman–Crippen MR) is 83.2 cm³/mol. The van der Waals surface area contributed by atoms with E-state index in [1.165, 1.54) is 0 Å². The third kappa shape index (κ3) is 4.25. The monoisotopic (exact) mass is 303 g/mol. The molecule has 0 aliphatic heterocycles. The molecule has 0 spiro atoms. The molecular weight excluding hydrogens is 282 g/mol. The minimum atomic E-state index is -0.0459. The molecule has 0 radical (unpaired) electrons. The zero-order chi connectivity index (χ0) is 15.9. The molecule has 6 heteroatoms. The summed E-state index contributed by atoms with van der Waals surface area (Å²) in [4.78, 5) is 12.0. The first-order valence-corrected chi connectivity index (χ1v) is 7.07. The number of carbonyl (C=O) groups is 1. The highest BCUT2D eigenvalue weighted by atomic mass is 16.5. The number of hydrogen-bond acceptors (Lipinski definition) is 4. The number of nitrogens with zero attached hydrogens (tertiary/aromatic N) is 2. The van der Waals surface area contributed by atoms with Gasteiger partial charge in [-0.3, -0.25) is 9.48 Å². The molecule has 2 aromatic rings. The molecule has 0 fully saturated rings. The Morgan fingerprint density at radius 3 is 2.77 bits per heavy atom. The van der Waals surface area contributed by atoms with Crippen molar-refractivity contribution in [2.75, 3.05) is 20.8 Å². The summed E-state index contributed by atoms with van der Waals surface area (Å²) in [5.74, 6) is 1.35. The van der Waals surface area contributed by atoms with E-state index < -0.39 is 0 Å². The van der Waals surface area contributed by atoms with E-state index in [0.29, 0.717) is 18.0 Å². The lowest BCUT2D eigenvalue weighted by atomic mass is 10.1. The van der Waals surface area contributed by atoms with E-state index in [0.717, 1.165) is 17.5 Å². The van der Waals surface area contributed by atoms with Crippen molar-refractivity contribution in [3.8, 4) is 11.5 Å². The number of benzene rings is 1. The number of rotatable bonds is 7. The number of ether oxygens (including phenoxy) is 2. The summed E-state index contributed by atoms with van der Waals surface area (Å²) in [6.45, 7) is 0.580. The molecule has 1 aromatic carbocycles. The van der Waals surface area contributed by atoms with Gasteiger partial charge in [-0.25, -0.2) is 0 Å². The molecule has 22 heavy (non-hydrogen) atoms. The Morgan fingerprint density at radius 2 is 2.14 bits per heavy atom. The molecule has 118 valence electrons. The second-order valence-corrected chi connectivity index (χ2v) is 4.98. The van der Waals surface area contributed by atoms with E-state index in [1.807, 2.05) is 25.4 Å². The smallest absolute Gasteiger partial charge is 0.224 e. The first kappa shape index (κ1) is 15.9. The molecule has 0 saturated heterocycles. The zero-order valence-electron chi connectivity index (χ0n) is 13.1. The molecular formula is C16H21N3O3. The molecule has 0 aliphatic carbocycles. The van der Waals surface area contributed by atoms with Crippen LogP contribution in [0.2, 0.25) is 0 Å². The predicted octanol–water partition coefficient (Wildman–Crippen LogP) is 1.34. The van der Waals surface area contributed by atoms with E-state index in [4.69, 9.17) is 9.47 Å². The molecule has 1 N–H and O–H groups in total. The molecule has 0 aliphatic rings. The molecule has 6 nitrogen and oxygen atoms in total. The van der Waals surface area contributed by atoms with E-state index in [9.17, 15) is 4.79 Å². The summed E-state index contributed by atoms with van der Waals surface area (Å²) in [5, 5.41) is 7.00. The van der Waals surface area contributed by atoms with Crippen molar-refractivity contribution in [2.45, 2.75) is 12.8 Å². The fourth-order valence-electron chi connectivity index (χ4n) is 2.20. The van der Waals surface area contributed by atoms with Gasteiger partial charge in [0.15, 0.2) is 0 Å². The molecule has 0 atom stereocenters. The summed E-state index contributed by atoms with van der Waals surface area (Å²) in [5.41, 5.74) is 1.91. The fourth-order valence-corrected chi connectivity index (χ4v) is 2.20. The quantitative estimate of drug-likeness (QED) is 0.838. The number of hydrogen-bond donors (Lipinski definition) is 1. The molecule has 0 bridgehead atoms. The Labute approximate surface area is 130 Å². The number of amides is 1. The van der Waals surface area contributed by atoms with Crippen LogP contribution in [-0.2, 0) is 24.7 Å². The number of aryl methyl sites for hydroxylation is 1. The van der Waals surface area contributed by atoms with Gasteiger partial charge < -0.3 is 14.8 Å². The third-order valence-corrected chi connectivity index (χ3v) is 3.33. The molecule has 1 amide bonds. The van der Waals surface area contributed by atoms with Gasteiger partial charge in [0, 0.05) is 25.4 Å². The van der Waals surface area contributed by atoms with Crippen LogP contribution in [-0.4, -0.2) is 36.5 Å². The minimum absolute atomic E-state index is 0.0459. The normalized spacial score (nSPS) is 10.3. The highest BCUT2D eigenvalue weighted by Crippen LogP contribution is 2.24. The Bertz CT molecular complexity index is 637. The van der Waals surface area contributed by atoms with Gasteiger partial charge in [-0.1, -0.05) is 0 Å². The first-order chi connectivity index (χ1) is 10.6. The minimum Gasteiger partial charge on any atom is -0.497 e. The van der Waals surface area contributed by atoms with Crippen LogP contribution in [0.1, 0.15) is 11.1 Å². The van der Waals surface area contributed by atoms with E-state index in [2.05, 4.69) is 10.4 Å². The summed E-state index contributed by atoms with van der Waals surface area (Å²) in [7, 11) is 5.06. The maximum atomic E-state index is 12.0. The van der Waals surface area contributed by atoms with E-state index >= 15 is 0 Å². The maximum Gasteiger partial charge on any atom is 0.224 e. The Hall–Kier alpha value is -2.50. The number of methoxy groups -OCH3 is 2. The number of carbonyl (C=O) groups excluding carboxylic acids is 1. The fraction of sp³-hybridized carbons (Fsp3) is 0.375. The number of aromatic nitrogens is 2. The van der Waals surface area contributed by atoms with Crippen LogP contribution in [0.5, 0.6) is 11.5 Å². The van der Waals surface area contributed by atoms with Gasteiger partial charge in [-0.05, 0) is 30.2 Å². The summed E-state index contributed by atoms with van der Waals surface area (Å²) in [6.07, 6.45) is 4.76. The van der Waals surface area contributed by atoms with Crippen molar-refractivity contribution in [1.29, 1.82) is 0 Å². The number of nitrogens with one attached hydrogen (secondary N) is 1. The van der Waals surface area contributed by atoms with Gasteiger partial charge in [0.05, 0.1) is 26.8 Å². The average Bonchev–Trinajstić information content (AvgIpc) is 2.92. The molecule has 0 unspecified atom stereocenters. The first-order valence-electron chi connectivity index (χ1n) is 7.07. The second kappa shape index (κ2) is 7.49. The Balaban J connectivity index is 1.88. The SMILES string of the molecule is COc1ccc(OC)c(CC(=O)NCCc2cnn(C)c2)c1. The van der Waals surface area contributed by atoms with Crippen LogP contribution in [0.3, 0.4) is 0 Å². The molecule has 0 saturated carbocycles. The van der Waals surface area contributed by atoms with Crippen molar-refractivity contribution in [2.24, 2.45) is 7.05 Å². The highest BCUT2D eigenvalue weighted by Gasteiger charge is 2.10. The topological polar surface area (TPSA) is 65.4 Å². The van der Waals surface area contributed by atoms with Gasteiger partial charge in [0.2, 0.25) is 5.91 Å². The lowest BCUT2D eigenvalue weighted by Crippen LogP contribution is -2.27. The van der Waals surface area contributed by atoms with Gasteiger partial charge in [0.25, 0.3) is 0 Å². The van der Waals surface area contributed by atoms with Crippen molar-refractivity contribution in [3.63, 3.8) is 0 Å². The zero-order valence-corrected chi connectivity index (χ0v) is 13.1. The standard InChI is InChI=1S/C16H21N3O3/c1-19-11-12(10-18-19)6-7-17-16(20)9-13-8-14(21-2)4-5-15(13)22-3/h4-5,8,10-11H,6-7,9H2,1-3H3,(H,17,20). The van der Waals surface area contributed by atoms with Gasteiger partial charge in [-0.2, -0.15) is 5.10 Å². The molecule has 1 heterocycles. The van der Waals surface area contributed by atoms with Crippen LogP contribution in [0.25, 0.3) is 0 Å². The van der Waals surface area contributed by atoms with Crippen molar-refractivity contribution >= 4 is 5.91 Å². The average molecular weight is 303 g/mol. The van der Waals surface area contributed by atoms with Crippen LogP contribution in [0.15, 0.2) is 30.6 Å². The Morgan fingerprint density at radius 1 is 1.32 bits per heavy atom. The second-order valence-electron chi connectivity index (χ2n) is 4.98. The molecule has 1 aromatic heterocycles.